The van der Waals surface area contributed by atoms with Crippen molar-refractivity contribution in [3.8, 4) is 11.8 Å². The van der Waals surface area contributed by atoms with E-state index in [0.29, 0.717) is 19.0 Å². The lowest BCUT2D eigenvalue weighted by Crippen LogP contribution is -2.44. The lowest BCUT2D eigenvalue weighted by atomic mass is 10.4. The van der Waals surface area contributed by atoms with Gasteiger partial charge >= 0.3 is 11.7 Å². The maximum atomic E-state index is 12.7. The van der Waals surface area contributed by atoms with E-state index in [0.717, 1.165) is 22.4 Å². The van der Waals surface area contributed by atoms with Gasteiger partial charge in [-0.05, 0) is 6.92 Å². The Balaban J connectivity index is 2.34. The Morgan fingerprint density at radius 1 is 1.31 bits per heavy atom. The fourth-order valence-electron chi connectivity index (χ4n) is 2.88. The first-order valence-electron chi connectivity index (χ1n) is 8.22. The molecular weight excluding hydrogens is 340 g/mol. The molecule has 0 saturated carbocycles. The first-order chi connectivity index (χ1) is 12.5. The van der Waals surface area contributed by atoms with Crippen LogP contribution in [0.15, 0.2) is 9.59 Å². The molecule has 0 spiro atoms. The highest BCUT2D eigenvalue weighted by Crippen LogP contribution is 2.19. The van der Waals surface area contributed by atoms with Crippen molar-refractivity contribution < 1.29 is 9.63 Å². The van der Waals surface area contributed by atoms with Gasteiger partial charge in [0.25, 0.3) is 5.56 Å². The van der Waals surface area contributed by atoms with Gasteiger partial charge in [0.05, 0.1) is 6.54 Å². The third-order valence-electron chi connectivity index (χ3n) is 4.12. The van der Waals surface area contributed by atoms with E-state index in [1.807, 2.05) is 4.90 Å². The van der Waals surface area contributed by atoms with E-state index in [1.165, 1.54) is 14.0 Å². The van der Waals surface area contributed by atoms with E-state index in [1.54, 1.807) is 11.5 Å². The van der Waals surface area contributed by atoms with E-state index in [4.69, 9.17) is 4.84 Å². The first kappa shape index (κ1) is 17.8. The largest absolute Gasteiger partial charge is 0.366 e. The molecule has 0 unspecified atom stereocenters. The Labute approximate surface area is 148 Å². The molecule has 10 nitrogen and oxygen atoms in total. The number of anilines is 1. The zero-order chi connectivity index (χ0) is 18.8. The van der Waals surface area contributed by atoms with Gasteiger partial charge in [-0.3, -0.25) is 13.9 Å². The Kier molecular flexibility index (Phi) is 4.81. The van der Waals surface area contributed by atoms with E-state index in [2.05, 4.69) is 22.1 Å². The summed E-state index contributed by atoms with van der Waals surface area (Å²) in [5.41, 5.74) is -1.10. The highest BCUT2D eigenvalue weighted by atomic mass is 16.7. The summed E-state index contributed by atoms with van der Waals surface area (Å²) < 4.78 is 3.32. The molecule has 1 fully saturated rings. The molecule has 0 aromatic carbocycles. The van der Waals surface area contributed by atoms with Crippen LogP contribution in [0.2, 0.25) is 0 Å². The van der Waals surface area contributed by atoms with Crippen molar-refractivity contribution in [2.75, 3.05) is 31.1 Å². The van der Waals surface area contributed by atoms with Crippen molar-refractivity contribution >= 4 is 23.1 Å². The zero-order valence-electron chi connectivity index (χ0n) is 14.9. The number of carbonyl (C=O) groups is 1. The second-order valence-electron chi connectivity index (χ2n) is 5.86. The van der Waals surface area contributed by atoms with E-state index < -0.39 is 17.2 Å². The van der Waals surface area contributed by atoms with Crippen molar-refractivity contribution in [3.05, 3.63) is 20.8 Å². The van der Waals surface area contributed by atoms with Crippen LogP contribution < -0.4 is 26.3 Å². The van der Waals surface area contributed by atoms with Gasteiger partial charge in [0.2, 0.25) is 11.6 Å². The standard InChI is InChI=1S/C16H20N6O4/c1-4-5-8-21-12-13(18-15(21)20-9-6-17-7-10-20)22(26-11(2)23)16(25)19(3)14(12)24/h17H,6-10H2,1-3H3. The van der Waals surface area contributed by atoms with Crippen LogP contribution in [0, 0.1) is 11.8 Å². The minimum atomic E-state index is -0.768. The van der Waals surface area contributed by atoms with E-state index in [-0.39, 0.29) is 17.7 Å². The summed E-state index contributed by atoms with van der Waals surface area (Å²) >= 11 is 0. The fraction of sp³-hybridized carbons (Fsp3) is 0.500. The molecule has 0 radical (unpaired) electrons. The highest BCUT2D eigenvalue weighted by Gasteiger charge is 2.25. The van der Waals surface area contributed by atoms with Gasteiger partial charge in [-0.2, -0.15) is 4.98 Å². The van der Waals surface area contributed by atoms with E-state index >= 15 is 0 Å². The van der Waals surface area contributed by atoms with Crippen molar-refractivity contribution in [3.63, 3.8) is 0 Å². The zero-order valence-corrected chi connectivity index (χ0v) is 14.9. The molecule has 1 aliphatic heterocycles. The number of hydrogen-bond acceptors (Lipinski definition) is 7. The van der Waals surface area contributed by atoms with Crippen LogP contribution in [-0.4, -0.2) is 51.0 Å². The predicted octanol–water partition coefficient (Wildman–Crippen LogP) is -1.70. The number of aromatic nitrogens is 4. The first-order valence-corrected chi connectivity index (χ1v) is 8.22. The normalized spacial score (nSPS) is 14.2. The monoisotopic (exact) mass is 360 g/mol. The second kappa shape index (κ2) is 7.05. The van der Waals surface area contributed by atoms with Crippen LogP contribution in [0.3, 0.4) is 0 Å². The molecule has 26 heavy (non-hydrogen) atoms. The molecule has 1 aliphatic rings. The highest BCUT2D eigenvalue weighted by molar-refractivity contribution is 5.76. The maximum Gasteiger partial charge on any atom is 0.366 e. The summed E-state index contributed by atoms with van der Waals surface area (Å²) in [4.78, 5) is 48.1. The molecule has 138 valence electrons. The molecule has 1 saturated heterocycles. The summed E-state index contributed by atoms with van der Waals surface area (Å²) in [6.07, 6.45) is 0. The topological polar surface area (TPSA) is 103 Å². The molecule has 3 heterocycles. The Morgan fingerprint density at radius 3 is 2.62 bits per heavy atom. The molecule has 2 aromatic rings. The third-order valence-corrected chi connectivity index (χ3v) is 4.12. The predicted molar refractivity (Wildman–Crippen MR) is 95.0 cm³/mol. The Bertz CT molecular complexity index is 1030. The Hall–Kier alpha value is -3.06. The minimum absolute atomic E-state index is 0.0136. The van der Waals surface area contributed by atoms with Gasteiger partial charge in [-0.25, -0.2) is 9.59 Å². The molecule has 0 amide bonds. The molecular formula is C16H20N6O4. The van der Waals surface area contributed by atoms with Gasteiger partial charge < -0.3 is 15.1 Å². The number of hydrogen-bond donors (Lipinski definition) is 1. The minimum Gasteiger partial charge on any atom is -0.340 e. The maximum absolute atomic E-state index is 12.7. The van der Waals surface area contributed by atoms with Crippen LogP contribution in [-0.2, 0) is 18.4 Å². The van der Waals surface area contributed by atoms with Crippen LogP contribution >= 0.6 is 0 Å². The van der Waals surface area contributed by atoms with Gasteiger partial charge in [-0.1, -0.05) is 10.7 Å². The summed E-state index contributed by atoms with van der Waals surface area (Å²) in [5.74, 6) is 5.57. The molecule has 0 aliphatic carbocycles. The number of nitrogens with one attached hydrogen (secondary N) is 1. The third kappa shape index (κ3) is 2.97. The average Bonchev–Trinajstić information content (AvgIpc) is 3.01. The van der Waals surface area contributed by atoms with Gasteiger partial charge in [0, 0.05) is 40.2 Å². The number of rotatable bonds is 3. The number of imidazole rings is 1. The number of carbonyl (C=O) groups excluding carboxylic acids is 1. The number of piperazine rings is 1. The van der Waals surface area contributed by atoms with Crippen molar-refractivity contribution in [1.29, 1.82) is 0 Å². The van der Waals surface area contributed by atoms with Crippen LogP contribution in [0.5, 0.6) is 0 Å². The van der Waals surface area contributed by atoms with Gasteiger partial charge in [0.15, 0.2) is 5.52 Å². The molecule has 3 rings (SSSR count). The lowest BCUT2D eigenvalue weighted by Gasteiger charge is -2.28. The van der Waals surface area contributed by atoms with Crippen LogP contribution in [0.1, 0.15) is 13.8 Å². The molecule has 2 aromatic heterocycles. The number of fused-ring (bicyclic) bond motifs is 1. The summed E-state index contributed by atoms with van der Waals surface area (Å²) in [6.45, 7) is 6.06. The number of nitrogens with zero attached hydrogens (tertiary/aromatic N) is 5. The smallest absolute Gasteiger partial charge is 0.340 e. The summed E-state index contributed by atoms with van der Waals surface area (Å²) in [5, 5.41) is 3.25. The molecule has 0 atom stereocenters. The quantitative estimate of drug-likeness (QED) is 0.651. The Morgan fingerprint density at radius 2 is 2.00 bits per heavy atom. The second-order valence-corrected chi connectivity index (χ2v) is 5.86. The van der Waals surface area contributed by atoms with Crippen molar-refractivity contribution in [2.45, 2.75) is 20.4 Å². The summed E-state index contributed by atoms with van der Waals surface area (Å²) in [6, 6.07) is 0. The van der Waals surface area contributed by atoms with Gasteiger partial charge in [0.1, 0.15) is 0 Å². The van der Waals surface area contributed by atoms with Crippen molar-refractivity contribution in [2.24, 2.45) is 7.05 Å². The average molecular weight is 360 g/mol. The summed E-state index contributed by atoms with van der Waals surface area (Å²) in [7, 11) is 1.33. The van der Waals surface area contributed by atoms with E-state index in [9.17, 15) is 14.4 Å². The van der Waals surface area contributed by atoms with Gasteiger partial charge in [-0.15, -0.1) is 5.92 Å². The fourth-order valence-corrected chi connectivity index (χ4v) is 2.88. The van der Waals surface area contributed by atoms with Crippen LogP contribution in [0.25, 0.3) is 11.2 Å². The van der Waals surface area contributed by atoms with Crippen LogP contribution in [0.4, 0.5) is 5.95 Å². The molecule has 1 N–H and O–H groups in total. The SMILES string of the molecule is CC#CCn1c(N2CCNCC2)nc2c1c(=O)n(C)c(=O)n2OC(C)=O. The lowest BCUT2D eigenvalue weighted by molar-refractivity contribution is -0.141. The molecule has 0 bridgehead atoms. The van der Waals surface area contributed by atoms with Crippen molar-refractivity contribution in [1.82, 2.24) is 24.2 Å². The molecule has 10 heteroatoms.